The van der Waals surface area contributed by atoms with Gasteiger partial charge in [-0.15, -0.1) is 22.7 Å². The van der Waals surface area contributed by atoms with Crippen LogP contribution in [0, 0.1) is 6.92 Å². The largest absolute Gasteiger partial charge is 0.316 e. The van der Waals surface area contributed by atoms with Crippen LogP contribution in [0.3, 0.4) is 0 Å². The molecule has 0 spiro atoms. The van der Waals surface area contributed by atoms with E-state index in [4.69, 9.17) is 4.98 Å². The van der Waals surface area contributed by atoms with Gasteiger partial charge in [0.05, 0.1) is 15.1 Å². The van der Waals surface area contributed by atoms with Gasteiger partial charge in [-0.05, 0) is 63.1 Å². The van der Waals surface area contributed by atoms with Crippen molar-refractivity contribution in [3.63, 3.8) is 0 Å². The minimum absolute atomic E-state index is 0.225. The molecule has 1 saturated heterocycles. The Balaban J connectivity index is 1.34. The molecular weight excluding hydrogens is 525 g/mol. The summed E-state index contributed by atoms with van der Waals surface area (Å²) in [7, 11) is -1.67. The maximum absolute atomic E-state index is 13.7. The van der Waals surface area contributed by atoms with Gasteiger partial charge in [-0.25, -0.2) is 13.4 Å². The van der Waals surface area contributed by atoms with Crippen molar-refractivity contribution in [1.29, 1.82) is 0 Å². The topological polar surface area (TPSA) is 82.6 Å². The van der Waals surface area contributed by atoms with E-state index in [-0.39, 0.29) is 10.8 Å². The highest BCUT2D eigenvalue weighted by atomic mass is 32.2. The Morgan fingerprint density at radius 2 is 1.86 bits per heavy atom. The normalized spacial score (nSPS) is 18.8. The highest BCUT2D eigenvalue weighted by Gasteiger charge is 2.40. The van der Waals surface area contributed by atoms with Crippen molar-refractivity contribution < 1.29 is 13.2 Å². The number of hydrogen-bond acceptors (Lipinski definition) is 7. The number of aromatic nitrogens is 1. The molecule has 2 aromatic heterocycles. The van der Waals surface area contributed by atoms with Crippen molar-refractivity contribution in [3.8, 4) is 10.6 Å². The molecule has 0 saturated carbocycles. The second-order valence-corrected chi connectivity index (χ2v) is 13.8. The number of anilines is 1. The number of thiophene rings is 1. The van der Waals surface area contributed by atoms with E-state index in [0.717, 1.165) is 50.9 Å². The number of likely N-dealkylation sites (N-methyl/N-ethyl adjacent to an activating group) is 1. The van der Waals surface area contributed by atoms with Gasteiger partial charge in [0.2, 0.25) is 15.9 Å². The van der Waals surface area contributed by atoms with E-state index in [2.05, 4.69) is 23.3 Å². The van der Waals surface area contributed by atoms with E-state index in [1.807, 2.05) is 25.1 Å². The summed E-state index contributed by atoms with van der Waals surface area (Å²) in [5, 5.41) is 4.82. The SMILES string of the molecule is Cc1ccc(S(=O)(=O)N2CCCC2C(=O)Nc2sc3c(c2-c2nc4ccccc4s2)CCN(C)C3)cc1. The highest BCUT2D eigenvalue weighted by Crippen LogP contribution is 2.45. The van der Waals surface area contributed by atoms with Crippen LogP contribution in [-0.2, 0) is 27.8 Å². The fourth-order valence-electron chi connectivity index (χ4n) is 5.16. The van der Waals surface area contributed by atoms with Gasteiger partial charge in [-0.3, -0.25) is 4.79 Å². The molecule has 0 bridgehead atoms. The quantitative estimate of drug-likeness (QED) is 0.372. The number of amides is 1. The molecule has 1 fully saturated rings. The molecular formula is C27H28N4O3S3. The maximum atomic E-state index is 13.7. The molecule has 4 heterocycles. The first kappa shape index (κ1) is 24.7. The molecule has 2 aliphatic rings. The molecule has 192 valence electrons. The Labute approximate surface area is 224 Å². The van der Waals surface area contributed by atoms with E-state index < -0.39 is 16.1 Å². The van der Waals surface area contributed by atoms with Crippen molar-refractivity contribution in [2.24, 2.45) is 0 Å². The Hall–Kier alpha value is -2.63. The standard InChI is InChI=1S/C27H28N4O3S3/c1-17-9-11-18(12-10-17)37(33,34)31-14-5-7-21(31)25(32)29-27-24(19-13-15-30(2)16-23(19)36-27)26-28-20-6-3-4-8-22(20)35-26/h3-4,6,8-12,21H,5,7,13-16H2,1-2H3,(H,29,32). The van der Waals surface area contributed by atoms with Crippen LogP contribution in [0.15, 0.2) is 53.4 Å². The lowest BCUT2D eigenvalue weighted by atomic mass is 10.0. The molecule has 1 unspecified atom stereocenters. The number of fused-ring (bicyclic) bond motifs is 2. The van der Waals surface area contributed by atoms with Gasteiger partial charge in [0, 0.05) is 30.1 Å². The first-order valence-electron chi connectivity index (χ1n) is 12.4. The maximum Gasteiger partial charge on any atom is 0.243 e. The number of aryl methyl sites for hydroxylation is 1. The average Bonchev–Trinajstić information content (AvgIpc) is 3.60. The lowest BCUT2D eigenvalue weighted by molar-refractivity contribution is -0.119. The van der Waals surface area contributed by atoms with Gasteiger partial charge in [-0.1, -0.05) is 29.8 Å². The van der Waals surface area contributed by atoms with Crippen molar-refractivity contribution in [2.45, 2.75) is 43.7 Å². The molecule has 37 heavy (non-hydrogen) atoms. The number of nitrogens with one attached hydrogen (secondary N) is 1. The summed E-state index contributed by atoms with van der Waals surface area (Å²) in [6.45, 7) is 4.03. The van der Waals surface area contributed by atoms with E-state index >= 15 is 0 Å². The molecule has 2 aromatic carbocycles. The summed E-state index contributed by atoms with van der Waals surface area (Å²) >= 11 is 3.22. The molecule has 4 aromatic rings. The number of rotatable bonds is 5. The third-order valence-corrected chi connectivity index (χ3v) is 11.2. The number of hydrogen-bond donors (Lipinski definition) is 1. The summed E-state index contributed by atoms with van der Waals surface area (Å²) in [5.41, 5.74) is 4.17. The lowest BCUT2D eigenvalue weighted by Crippen LogP contribution is -2.43. The second kappa shape index (κ2) is 9.59. The number of nitrogens with zero attached hydrogens (tertiary/aromatic N) is 3. The van der Waals surface area contributed by atoms with Crippen LogP contribution in [0.2, 0.25) is 0 Å². The van der Waals surface area contributed by atoms with E-state index in [0.29, 0.717) is 19.4 Å². The van der Waals surface area contributed by atoms with Crippen LogP contribution in [0.25, 0.3) is 20.8 Å². The molecule has 1 atom stereocenters. The van der Waals surface area contributed by atoms with Crippen LogP contribution in [0.1, 0.15) is 28.8 Å². The zero-order valence-corrected chi connectivity index (χ0v) is 23.2. The summed E-state index contributed by atoms with van der Waals surface area (Å²) in [6.07, 6.45) is 2.04. The lowest BCUT2D eigenvalue weighted by Gasteiger charge is -2.23. The van der Waals surface area contributed by atoms with Crippen molar-refractivity contribution in [2.75, 3.05) is 25.5 Å². The number of carbonyl (C=O) groups is 1. The summed E-state index contributed by atoms with van der Waals surface area (Å²) in [6, 6.07) is 14.1. The van der Waals surface area contributed by atoms with Gasteiger partial charge in [0.15, 0.2) is 0 Å². The minimum atomic E-state index is -3.77. The molecule has 7 nitrogen and oxygen atoms in total. The summed E-state index contributed by atoms with van der Waals surface area (Å²) < 4.78 is 29.3. The Bertz CT molecular complexity index is 1560. The highest BCUT2D eigenvalue weighted by molar-refractivity contribution is 7.89. The third-order valence-electron chi connectivity index (χ3n) is 7.13. The smallest absolute Gasteiger partial charge is 0.243 e. The number of thiazole rings is 1. The van der Waals surface area contributed by atoms with Gasteiger partial charge in [0.1, 0.15) is 16.1 Å². The Kier molecular flexibility index (Phi) is 6.40. The second-order valence-electron chi connectivity index (χ2n) is 9.76. The van der Waals surface area contributed by atoms with E-state index in [1.54, 1.807) is 46.9 Å². The first-order valence-corrected chi connectivity index (χ1v) is 15.5. The predicted molar refractivity (Wildman–Crippen MR) is 150 cm³/mol. The molecule has 2 aliphatic heterocycles. The summed E-state index contributed by atoms with van der Waals surface area (Å²) in [4.78, 5) is 22.3. The number of sulfonamides is 1. The number of para-hydroxylation sites is 1. The zero-order chi connectivity index (χ0) is 25.7. The van der Waals surface area contributed by atoms with E-state index in [1.165, 1.54) is 14.7 Å². The van der Waals surface area contributed by atoms with Crippen LogP contribution >= 0.6 is 22.7 Å². The van der Waals surface area contributed by atoms with Gasteiger partial charge in [-0.2, -0.15) is 4.31 Å². The molecule has 1 N–H and O–H groups in total. The van der Waals surface area contributed by atoms with Gasteiger partial charge >= 0.3 is 0 Å². The first-order chi connectivity index (χ1) is 17.8. The summed E-state index contributed by atoms with van der Waals surface area (Å²) in [5.74, 6) is -0.275. The van der Waals surface area contributed by atoms with Crippen molar-refractivity contribution >= 4 is 53.8 Å². The molecule has 0 aliphatic carbocycles. The molecule has 6 rings (SSSR count). The fraction of sp³-hybridized carbons (Fsp3) is 0.333. The molecule has 10 heteroatoms. The fourth-order valence-corrected chi connectivity index (χ4v) is 9.25. The molecule has 1 amide bonds. The monoisotopic (exact) mass is 552 g/mol. The number of carbonyl (C=O) groups excluding carboxylic acids is 1. The molecule has 0 radical (unpaired) electrons. The Morgan fingerprint density at radius 3 is 2.65 bits per heavy atom. The van der Waals surface area contributed by atoms with Crippen LogP contribution < -0.4 is 5.32 Å². The van der Waals surface area contributed by atoms with Crippen LogP contribution in [-0.4, -0.2) is 54.7 Å². The van der Waals surface area contributed by atoms with E-state index in [9.17, 15) is 13.2 Å². The van der Waals surface area contributed by atoms with Gasteiger partial charge < -0.3 is 10.2 Å². The number of benzene rings is 2. The van der Waals surface area contributed by atoms with Crippen LogP contribution in [0.5, 0.6) is 0 Å². The third kappa shape index (κ3) is 4.51. The van der Waals surface area contributed by atoms with Crippen LogP contribution in [0.4, 0.5) is 5.00 Å². The Morgan fingerprint density at radius 1 is 1.08 bits per heavy atom. The average molecular weight is 553 g/mol. The van der Waals surface area contributed by atoms with Gasteiger partial charge in [0.25, 0.3) is 0 Å². The predicted octanol–water partition coefficient (Wildman–Crippen LogP) is 5.11. The zero-order valence-electron chi connectivity index (χ0n) is 20.7. The van der Waals surface area contributed by atoms with Crippen molar-refractivity contribution in [3.05, 3.63) is 64.5 Å². The minimum Gasteiger partial charge on any atom is -0.316 e. The van der Waals surface area contributed by atoms with Crippen molar-refractivity contribution in [1.82, 2.24) is 14.2 Å².